The molecule has 0 spiro atoms. The second-order valence-electron chi connectivity index (χ2n) is 6.67. The number of hydrogen-bond acceptors (Lipinski definition) is 2. The smallest absolute Gasteiger partial charge is 0.246 e. The first-order valence-corrected chi connectivity index (χ1v) is 7.65. The van der Waals surface area contributed by atoms with Gasteiger partial charge in [-0.15, -0.1) is 0 Å². The number of rotatable bonds is 4. The van der Waals surface area contributed by atoms with Gasteiger partial charge >= 0.3 is 0 Å². The van der Waals surface area contributed by atoms with Gasteiger partial charge in [-0.2, -0.15) is 0 Å². The quantitative estimate of drug-likeness (QED) is 0.916. The Hall–Kier alpha value is -1.84. The highest BCUT2D eigenvalue weighted by molar-refractivity contribution is 5.99. The summed E-state index contributed by atoms with van der Waals surface area (Å²) in [7, 11) is 0. The molecule has 0 bridgehead atoms. The maximum absolute atomic E-state index is 12.8. The van der Waals surface area contributed by atoms with E-state index in [9.17, 15) is 9.59 Å². The maximum atomic E-state index is 12.8. The molecule has 3 rings (SSSR count). The molecule has 2 fully saturated rings. The summed E-state index contributed by atoms with van der Waals surface area (Å²) in [6.45, 7) is 4.38. The molecule has 4 nitrogen and oxygen atoms in total. The summed E-state index contributed by atoms with van der Waals surface area (Å²) < 4.78 is 0. The van der Waals surface area contributed by atoms with Gasteiger partial charge in [0.2, 0.25) is 11.8 Å². The fourth-order valence-corrected chi connectivity index (χ4v) is 2.85. The number of hydrogen-bond donors (Lipinski definition) is 1. The molecule has 1 aliphatic carbocycles. The minimum absolute atomic E-state index is 0.0513. The zero-order valence-electron chi connectivity index (χ0n) is 12.6. The van der Waals surface area contributed by atoms with Crippen molar-refractivity contribution in [3.8, 4) is 0 Å². The van der Waals surface area contributed by atoms with Crippen LogP contribution >= 0.6 is 0 Å². The van der Waals surface area contributed by atoms with Gasteiger partial charge in [0.15, 0.2) is 0 Å². The first-order valence-electron chi connectivity index (χ1n) is 7.65. The molecule has 1 atom stereocenters. The molecule has 2 aliphatic rings. The molecule has 1 aromatic rings. The Morgan fingerprint density at radius 2 is 1.86 bits per heavy atom. The van der Waals surface area contributed by atoms with Gasteiger partial charge in [-0.1, -0.05) is 30.3 Å². The van der Waals surface area contributed by atoms with Gasteiger partial charge in [0.05, 0.1) is 0 Å². The molecule has 1 N–H and O–H groups in total. The molecule has 1 heterocycles. The van der Waals surface area contributed by atoms with Crippen LogP contribution < -0.4 is 5.32 Å². The summed E-state index contributed by atoms with van der Waals surface area (Å²) in [4.78, 5) is 26.9. The third kappa shape index (κ3) is 2.80. The van der Waals surface area contributed by atoms with Gasteiger partial charge in [0.25, 0.3) is 0 Å². The van der Waals surface area contributed by atoms with Crippen molar-refractivity contribution in [2.24, 2.45) is 5.92 Å². The van der Waals surface area contributed by atoms with Crippen LogP contribution in [0.15, 0.2) is 30.3 Å². The fourth-order valence-electron chi connectivity index (χ4n) is 2.85. The van der Waals surface area contributed by atoms with E-state index in [1.165, 1.54) is 12.8 Å². The second kappa shape index (κ2) is 5.17. The average molecular weight is 286 g/mol. The molecule has 1 saturated heterocycles. The van der Waals surface area contributed by atoms with E-state index in [4.69, 9.17) is 0 Å². The Bertz CT molecular complexity index is 549. The van der Waals surface area contributed by atoms with Gasteiger partial charge in [-0.3, -0.25) is 9.59 Å². The van der Waals surface area contributed by atoms with Crippen LogP contribution in [0.4, 0.5) is 0 Å². The minimum atomic E-state index is -0.743. The number of piperazine rings is 1. The number of amides is 2. The molecule has 21 heavy (non-hydrogen) atoms. The normalized spacial score (nSPS) is 24.9. The summed E-state index contributed by atoms with van der Waals surface area (Å²) >= 11 is 0. The summed E-state index contributed by atoms with van der Waals surface area (Å²) in [6, 6.07) is 9.40. The highest BCUT2D eigenvalue weighted by atomic mass is 16.2. The Labute approximate surface area is 125 Å². The van der Waals surface area contributed by atoms with Crippen molar-refractivity contribution >= 4 is 11.8 Å². The van der Waals surface area contributed by atoms with Crippen LogP contribution in [-0.2, 0) is 16.0 Å². The molecule has 4 heteroatoms. The summed E-state index contributed by atoms with van der Waals surface area (Å²) in [5, 5.41) is 2.90. The lowest BCUT2D eigenvalue weighted by atomic mass is 9.92. The predicted octanol–water partition coefficient (Wildman–Crippen LogP) is 1.74. The Balaban J connectivity index is 1.79. The number of carbonyl (C=O) groups is 2. The fraction of sp³-hybridized carbons (Fsp3) is 0.529. The van der Waals surface area contributed by atoms with Gasteiger partial charge < -0.3 is 10.2 Å². The molecule has 0 aromatic heterocycles. The monoisotopic (exact) mass is 286 g/mol. The number of benzene rings is 1. The SMILES string of the molecule is CC1(C)C(=O)NC(Cc2ccccc2)C(=O)N1CC1CC1. The molecule has 1 unspecified atom stereocenters. The van der Waals surface area contributed by atoms with Gasteiger partial charge in [-0.05, 0) is 38.2 Å². The van der Waals surface area contributed by atoms with E-state index in [1.807, 2.05) is 44.2 Å². The Kier molecular flexibility index (Phi) is 3.47. The van der Waals surface area contributed by atoms with Crippen molar-refractivity contribution in [2.45, 2.75) is 44.7 Å². The molecule has 0 radical (unpaired) electrons. The van der Waals surface area contributed by atoms with Crippen molar-refractivity contribution in [2.75, 3.05) is 6.54 Å². The summed E-state index contributed by atoms with van der Waals surface area (Å²) in [6.07, 6.45) is 2.90. The van der Waals surface area contributed by atoms with E-state index in [0.29, 0.717) is 18.9 Å². The van der Waals surface area contributed by atoms with Crippen LogP contribution in [-0.4, -0.2) is 34.8 Å². The number of nitrogens with one attached hydrogen (secondary N) is 1. The van der Waals surface area contributed by atoms with Crippen molar-refractivity contribution in [1.29, 1.82) is 0 Å². The molecule has 1 saturated carbocycles. The first-order chi connectivity index (χ1) is 9.98. The molecule has 112 valence electrons. The zero-order chi connectivity index (χ0) is 15.0. The molecular formula is C17H22N2O2. The molecule has 1 aromatic carbocycles. The Morgan fingerprint density at radius 1 is 1.19 bits per heavy atom. The topological polar surface area (TPSA) is 49.4 Å². The van der Waals surface area contributed by atoms with E-state index < -0.39 is 11.6 Å². The standard InChI is InChI=1S/C17H22N2O2/c1-17(2)16(21)18-14(10-12-6-4-3-5-7-12)15(20)19(17)11-13-8-9-13/h3-7,13-14H,8-11H2,1-2H3,(H,18,21). The molecule has 1 aliphatic heterocycles. The van der Waals surface area contributed by atoms with Crippen molar-refractivity contribution < 1.29 is 9.59 Å². The lowest BCUT2D eigenvalue weighted by Crippen LogP contribution is -2.69. The lowest BCUT2D eigenvalue weighted by molar-refractivity contribution is -0.155. The number of nitrogens with zero attached hydrogens (tertiary/aromatic N) is 1. The first kappa shape index (κ1) is 14.1. The van der Waals surface area contributed by atoms with Crippen LogP contribution in [0, 0.1) is 5.92 Å². The molecule has 2 amide bonds. The van der Waals surface area contributed by atoms with Crippen molar-refractivity contribution in [3.05, 3.63) is 35.9 Å². The van der Waals surface area contributed by atoms with E-state index in [2.05, 4.69) is 5.32 Å². The van der Waals surface area contributed by atoms with E-state index in [1.54, 1.807) is 4.90 Å². The highest BCUT2D eigenvalue weighted by Gasteiger charge is 2.47. The largest absolute Gasteiger partial charge is 0.342 e. The van der Waals surface area contributed by atoms with Crippen LogP contribution in [0.5, 0.6) is 0 Å². The van der Waals surface area contributed by atoms with Crippen LogP contribution in [0.2, 0.25) is 0 Å². The average Bonchev–Trinajstić information content (AvgIpc) is 3.27. The third-order valence-electron chi connectivity index (χ3n) is 4.52. The Morgan fingerprint density at radius 3 is 2.48 bits per heavy atom. The van der Waals surface area contributed by atoms with Gasteiger partial charge in [0.1, 0.15) is 11.6 Å². The van der Waals surface area contributed by atoms with Crippen molar-refractivity contribution in [1.82, 2.24) is 10.2 Å². The van der Waals surface area contributed by atoms with E-state index in [0.717, 1.165) is 5.56 Å². The molecular weight excluding hydrogens is 264 g/mol. The van der Waals surface area contributed by atoms with Crippen molar-refractivity contribution in [3.63, 3.8) is 0 Å². The van der Waals surface area contributed by atoms with E-state index in [-0.39, 0.29) is 11.8 Å². The maximum Gasteiger partial charge on any atom is 0.246 e. The van der Waals surface area contributed by atoms with Gasteiger partial charge in [0, 0.05) is 13.0 Å². The predicted molar refractivity (Wildman–Crippen MR) is 80.6 cm³/mol. The summed E-state index contributed by atoms with van der Waals surface area (Å²) in [5.41, 5.74) is 0.328. The van der Waals surface area contributed by atoms with E-state index >= 15 is 0 Å². The number of carbonyl (C=O) groups excluding carboxylic acids is 2. The lowest BCUT2D eigenvalue weighted by Gasteiger charge is -2.44. The minimum Gasteiger partial charge on any atom is -0.342 e. The second-order valence-corrected chi connectivity index (χ2v) is 6.67. The van der Waals surface area contributed by atoms with Crippen LogP contribution in [0.1, 0.15) is 32.3 Å². The third-order valence-corrected chi connectivity index (χ3v) is 4.52. The zero-order valence-corrected chi connectivity index (χ0v) is 12.6. The summed E-state index contributed by atoms with van der Waals surface area (Å²) in [5.74, 6) is 0.579. The van der Waals surface area contributed by atoms with Gasteiger partial charge in [-0.25, -0.2) is 0 Å². The highest BCUT2D eigenvalue weighted by Crippen LogP contribution is 2.33. The van der Waals surface area contributed by atoms with Crippen LogP contribution in [0.3, 0.4) is 0 Å². The van der Waals surface area contributed by atoms with Crippen LogP contribution in [0.25, 0.3) is 0 Å².